The van der Waals surface area contributed by atoms with Gasteiger partial charge in [-0.15, -0.1) is 0 Å². The van der Waals surface area contributed by atoms with E-state index in [9.17, 15) is 22.8 Å². The number of alkyl halides is 3. The van der Waals surface area contributed by atoms with Crippen molar-refractivity contribution in [3.63, 3.8) is 0 Å². The summed E-state index contributed by atoms with van der Waals surface area (Å²) in [5, 5.41) is 11.2. The molecule has 1 heterocycles. The fourth-order valence-corrected chi connectivity index (χ4v) is 1.96. The summed E-state index contributed by atoms with van der Waals surface area (Å²) in [6.45, 7) is 0.488. The van der Waals surface area contributed by atoms with Crippen LogP contribution in [0.5, 0.6) is 0 Å². The van der Waals surface area contributed by atoms with E-state index in [4.69, 9.17) is 5.11 Å². The van der Waals surface area contributed by atoms with Crippen molar-refractivity contribution in [2.45, 2.75) is 31.9 Å². The Kier molecular flexibility index (Phi) is 5.44. The third kappa shape index (κ3) is 5.80. The van der Waals surface area contributed by atoms with Crippen molar-refractivity contribution in [2.75, 3.05) is 19.6 Å². The lowest BCUT2D eigenvalue weighted by Crippen LogP contribution is -2.47. The molecule has 1 fully saturated rings. The van der Waals surface area contributed by atoms with Crippen LogP contribution in [-0.4, -0.2) is 47.8 Å². The van der Waals surface area contributed by atoms with E-state index >= 15 is 0 Å². The Hall–Kier alpha value is -1.47. The predicted octanol–water partition coefficient (Wildman–Crippen LogP) is 1.84. The lowest BCUT2D eigenvalue weighted by molar-refractivity contribution is -0.143. The van der Waals surface area contributed by atoms with Crippen molar-refractivity contribution in [1.29, 1.82) is 0 Å². The maximum absolute atomic E-state index is 11.9. The van der Waals surface area contributed by atoms with E-state index in [1.54, 1.807) is 0 Å². The Morgan fingerprint density at radius 1 is 1.37 bits per heavy atom. The number of halogens is 3. The number of nitrogens with zero attached hydrogens (tertiary/aromatic N) is 1. The van der Waals surface area contributed by atoms with E-state index in [1.165, 1.54) is 4.90 Å². The van der Waals surface area contributed by atoms with Crippen molar-refractivity contribution in [2.24, 2.45) is 5.92 Å². The van der Waals surface area contributed by atoms with Gasteiger partial charge in [-0.1, -0.05) is 0 Å². The summed E-state index contributed by atoms with van der Waals surface area (Å²) >= 11 is 0. The summed E-state index contributed by atoms with van der Waals surface area (Å²) in [5.74, 6) is -1.54. The highest BCUT2D eigenvalue weighted by molar-refractivity contribution is 5.76. The zero-order valence-corrected chi connectivity index (χ0v) is 10.4. The zero-order chi connectivity index (χ0) is 14.5. The smallest absolute Gasteiger partial charge is 0.389 e. The van der Waals surface area contributed by atoms with Gasteiger partial charge in [0.15, 0.2) is 0 Å². The molecule has 0 aromatic heterocycles. The summed E-state index contributed by atoms with van der Waals surface area (Å²) in [6.07, 6.45) is -4.22. The van der Waals surface area contributed by atoms with E-state index in [0.717, 1.165) is 0 Å². The van der Waals surface area contributed by atoms with Crippen LogP contribution >= 0.6 is 0 Å². The van der Waals surface area contributed by atoms with Crippen molar-refractivity contribution in [3.05, 3.63) is 0 Å². The van der Waals surface area contributed by atoms with E-state index < -0.39 is 30.5 Å². The zero-order valence-electron chi connectivity index (χ0n) is 10.4. The summed E-state index contributed by atoms with van der Waals surface area (Å²) < 4.78 is 35.7. The first-order chi connectivity index (χ1) is 8.79. The Morgan fingerprint density at radius 3 is 2.63 bits per heavy atom. The second-order valence-corrected chi connectivity index (χ2v) is 4.57. The Balaban J connectivity index is 2.27. The lowest BCUT2D eigenvalue weighted by Gasteiger charge is -2.30. The number of piperidine rings is 1. The number of carbonyl (C=O) groups excluding carboxylic acids is 1. The Morgan fingerprint density at radius 2 is 2.05 bits per heavy atom. The second kappa shape index (κ2) is 6.63. The number of hydrogen-bond donors (Lipinski definition) is 2. The molecule has 0 aromatic rings. The van der Waals surface area contributed by atoms with Crippen molar-refractivity contribution in [1.82, 2.24) is 10.2 Å². The maximum atomic E-state index is 11.9. The molecule has 0 saturated carbocycles. The van der Waals surface area contributed by atoms with Crippen LogP contribution in [0.25, 0.3) is 0 Å². The SMILES string of the molecule is O=C(O)[C@@H]1CCCN(C(=O)NCCCC(F)(F)F)C1. The predicted molar refractivity (Wildman–Crippen MR) is 60.6 cm³/mol. The van der Waals surface area contributed by atoms with Crippen LogP contribution in [0.2, 0.25) is 0 Å². The van der Waals surface area contributed by atoms with Gasteiger partial charge < -0.3 is 15.3 Å². The van der Waals surface area contributed by atoms with Crippen LogP contribution in [0.4, 0.5) is 18.0 Å². The number of rotatable bonds is 4. The molecule has 2 amide bonds. The number of urea groups is 1. The normalized spacial score (nSPS) is 20.2. The highest BCUT2D eigenvalue weighted by atomic mass is 19.4. The lowest BCUT2D eigenvalue weighted by atomic mass is 9.99. The number of carbonyl (C=O) groups is 2. The molecular formula is C11H17F3N2O3. The van der Waals surface area contributed by atoms with Crippen molar-refractivity contribution >= 4 is 12.0 Å². The van der Waals surface area contributed by atoms with E-state index in [0.29, 0.717) is 19.4 Å². The van der Waals surface area contributed by atoms with Gasteiger partial charge in [0.25, 0.3) is 0 Å². The number of hydrogen-bond acceptors (Lipinski definition) is 2. The molecule has 1 aliphatic heterocycles. The van der Waals surface area contributed by atoms with E-state index in [1.807, 2.05) is 0 Å². The van der Waals surface area contributed by atoms with Crippen LogP contribution in [0.15, 0.2) is 0 Å². The summed E-state index contributed by atoms with van der Waals surface area (Å²) in [6, 6.07) is -0.492. The van der Waals surface area contributed by atoms with Gasteiger partial charge in [-0.2, -0.15) is 13.2 Å². The molecule has 0 radical (unpaired) electrons. The first-order valence-corrected chi connectivity index (χ1v) is 6.12. The number of amides is 2. The number of carboxylic acids is 1. The first kappa shape index (κ1) is 15.6. The molecule has 1 aliphatic rings. The Labute approximate surface area is 108 Å². The molecule has 1 atom stereocenters. The molecule has 110 valence electrons. The molecule has 0 unspecified atom stereocenters. The topological polar surface area (TPSA) is 69.6 Å². The van der Waals surface area contributed by atoms with Gasteiger partial charge in [0, 0.05) is 26.1 Å². The maximum Gasteiger partial charge on any atom is 0.389 e. The minimum absolute atomic E-state index is 0.0629. The minimum Gasteiger partial charge on any atom is -0.481 e. The summed E-state index contributed by atoms with van der Waals surface area (Å²) in [4.78, 5) is 23.8. The number of nitrogens with one attached hydrogen (secondary N) is 1. The molecule has 8 heteroatoms. The first-order valence-electron chi connectivity index (χ1n) is 6.12. The van der Waals surface area contributed by atoms with Gasteiger partial charge in [-0.05, 0) is 19.3 Å². The van der Waals surface area contributed by atoms with Crippen LogP contribution < -0.4 is 5.32 Å². The van der Waals surface area contributed by atoms with Crippen molar-refractivity contribution in [3.8, 4) is 0 Å². The summed E-state index contributed by atoms with van der Waals surface area (Å²) in [5.41, 5.74) is 0. The molecule has 19 heavy (non-hydrogen) atoms. The molecule has 0 aliphatic carbocycles. The molecule has 1 rings (SSSR count). The fraction of sp³-hybridized carbons (Fsp3) is 0.818. The number of aliphatic carboxylic acids is 1. The third-order valence-electron chi connectivity index (χ3n) is 2.97. The minimum atomic E-state index is -4.22. The van der Waals surface area contributed by atoms with Crippen LogP contribution in [-0.2, 0) is 4.79 Å². The number of carboxylic acid groups (broad SMARTS) is 1. The molecule has 0 aromatic carbocycles. The van der Waals surface area contributed by atoms with Gasteiger partial charge in [0.05, 0.1) is 5.92 Å². The van der Waals surface area contributed by atoms with Crippen molar-refractivity contribution < 1.29 is 27.9 Å². The van der Waals surface area contributed by atoms with Gasteiger partial charge in [-0.25, -0.2) is 4.79 Å². The molecule has 0 bridgehead atoms. The van der Waals surface area contributed by atoms with Crippen LogP contribution in [0.3, 0.4) is 0 Å². The summed E-state index contributed by atoms with van der Waals surface area (Å²) in [7, 11) is 0. The highest BCUT2D eigenvalue weighted by Gasteiger charge is 2.29. The third-order valence-corrected chi connectivity index (χ3v) is 2.97. The van der Waals surface area contributed by atoms with Gasteiger partial charge in [-0.3, -0.25) is 4.79 Å². The standard InChI is InChI=1S/C11H17F3N2O3/c12-11(13,14)4-2-5-15-10(19)16-6-1-3-8(7-16)9(17)18/h8H,1-7H2,(H,15,19)(H,17,18)/t8-/m1/s1. The molecule has 2 N–H and O–H groups in total. The van der Waals surface area contributed by atoms with E-state index in [-0.39, 0.29) is 19.5 Å². The average molecular weight is 282 g/mol. The van der Waals surface area contributed by atoms with Crippen LogP contribution in [0, 0.1) is 5.92 Å². The molecular weight excluding hydrogens is 265 g/mol. The molecule has 0 spiro atoms. The number of likely N-dealkylation sites (tertiary alicyclic amines) is 1. The van der Waals surface area contributed by atoms with Gasteiger partial charge in [0.2, 0.25) is 0 Å². The average Bonchev–Trinajstić information content (AvgIpc) is 2.33. The van der Waals surface area contributed by atoms with Gasteiger partial charge >= 0.3 is 18.2 Å². The largest absolute Gasteiger partial charge is 0.481 e. The molecule has 1 saturated heterocycles. The quantitative estimate of drug-likeness (QED) is 0.773. The fourth-order valence-electron chi connectivity index (χ4n) is 1.96. The monoisotopic (exact) mass is 282 g/mol. The van der Waals surface area contributed by atoms with E-state index in [2.05, 4.69) is 5.32 Å². The Bertz CT molecular complexity index is 334. The van der Waals surface area contributed by atoms with Gasteiger partial charge in [0.1, 0.15) is 0 Å². The highest BCUT2D eigenvalue weighted by Crippen LogP contribution is 2.21. The van der Waals surface area contributed by atoms with Crippen LogP contribution in [0.1, 0.15) is 25.7 Å². The second-order valence-electron chi connectivity index (χ2n) is 4.57. The molecule has 5 nitrogen and oxygen atoms in total.